The Kier molecular flexibility index (Phi) is 7.85. The predicted molar refractivity (Wildman–Crippen MR) is 143 cm³/mol. The van der Waals surface area contributed by atoms with Gasteiger partial charge in [-0.2, -0.15) is 0 Å². The first-order chi connectivity index (χ1) is 17.1. The van der Waals surface area contributed by atoms with E-state index in [9.17, 15) is 4.79 Å². The Morgan fingerprint density at radius 3 is 2.47 bits per heavy atom. The van der Waals surface area contributed by atoms with Crippen molar-refractivity contribution in [2.45, 2.75) is 0 Å². The van der Waals surface area contributed by atoms with E-state index in [0.29, 0.717) is 17.3 Å². The summed E-state index contributed by atoms with van der Waals surface area (Å²) in [5.74, 6) is 1.01. The summed E-state index contributed by atoms with van der Waals surface area (Å²) >= 11 is 0. The molecule has 7 nitrogen and oxygen atoms in total. The van der Waals surface area contributed by atoms with E-state index in [0.717, 1.165) is 45.2 Å². The molecule has 0 aliphatic carbocycles. The van der Waals surface area contributed by atoms with Gasteiger partial charge < -0.3 is 19.6 Å². The minimum absolute atomic E-state index is 0. The molecule has 2 aromatic heterocycles. The van der Waals surface area contributed by atoms with Crippen LogP contribution < -0.4 is 10.1 Å². The second-order valence-electron chi connectivity index (χ2n) is 7.73. The summed E-state index contributed by atoms with van der Waals surface area (Å²) in [4.78, 5) is 19.8. The summed E-state index contributed by atoms with van der Waals surface area (Å²) in [6, 6.07) is 25.0. The first kappa shape index (κ1) is 25.2. The van der Waals surface area contributed by atoms with Gasteiger partial charge in [0.1, 0.15) is 23.7 Å². The van der Waals surface area contributed by atoms with Crippen LogP contribution >= 0.6 is 0 Å². The number of aliphatic carboxylic acids is 1. The van der Waals surface area contributed by atoms with Crippen molar-refractivity contribution in [2.75, 3.05) is 12.4 Å². The molecule has 0 spiro atoms. The molecule has 2 heterocycles. The van der Waals surface area contributed by atoms with E-state index >= 15 is 0 Å². The Morgan fingerprint density at radius 1 is 0.972 bits per heavy atom. The third kappa shape index (κ3) is 5.33. The van der Waals surface area contributed by atoms with Crippen LogP contribution in [0.15, 0.2) is 95.7 Å². The first-order valence-corrected chi connectivity index (χ1v) is 10.9. The van der Waals surface area contributed by atoms with E-state index in [-0.39, 0.29) is 29.6 Å². The number of hydrogen-bond acceptors (Lipinski definition) is 6. The Bertz CT molecular complexity index is 1530. The second kappa shape index (κ2) is 11.2. The molecule has 5 aromatic rings. The van der Waals surface area contributed by atoms with Crippen molar-refractivity contribution in [1.82, 2.24) is 9.97 Å². The Balaban J connectivity index is 0.00000304. The van der Waals surface area contributed by atoms with E-state index in [1.165, 1.54) is 12.4 Å². The summed E-state index contributed by atoms with van der Waals surface area (Å²) in [7, 11) is 1.63. The van der Waals surface area contributed by atoms with Crippen LogP contribution in [0.4, 0.5) is 11.5 Å². The molecule has 36 heavy (non-hydrogen) atoms. The first-order valence-electron chi connectivity index (χ1n) is 10.9. The number of carboxylic acid groups (broad SMARTS) is 1. The average molecular weight is 487 g/mol. The van der Waals surface area contributed by atoms with Crippen LogP contribution in [0.25, 0.3) is 39.6 Å². The standard InChI is InChI=1S/C28H21N3O4.Na.H/c1-34-22-13-11-19(12-14-22)24-25-27(31-21-9-5-6-18(16-21)10-15-23(32)33)29-17-30-28(25)35-26(24)20-7-3-2-4-8-20;;/h2-17H,1H3,(H,32,33)(H,29,30,31);;. The molecule has 2 N–H and O–H groups in total. The number of aromatic nitrogens is 2. The molecule has 3 aromatic carbocycles. The van der Waals surface area contributed by atoms with Gasteiger partial charge in [-0.3, -0.25) is 0 Å². The quantitative estimate of drug-likeness (QED) is 0.223. The normalized spacial score (nSPS) is 10.8. The number of nitrogens with zero attached hydrogens (tertiary/aromatic N) is 2. The summed E-state index contributed by atoms with van der Waals surface area (Å²) < 4.78 is 11.6. The van der Waals surface area contributed by atoms with Gasteiger partial charge in [-0.25, -0.2) is 14.8 Å². The number of rotatable bonds is 7. The van der Waals surface area contributed by atoms with Gasteiger partial charge >= 0.3 is 35.5 Å². The van der Waals surface area contributed by atoms with E-state index < -0.39 is 5.97 Å². The van der Waals surface area contributed by atoms with Gasteiger partial charge in [0.2, 0.25) is 5.71 Å². The summed E-state index contributed by atoms with van der Waals surface area (Å²) in [6.07, 6.45) is 4.10. The Morgan fingerprint density at radius 2 is 1.75 bits per heavy atom. The van der Waals surface area contributed by atoms with Crippen LogP contribution in [0.2, 0.25) is 0 Å². The number of carboxylic acids is 1. The number of anilines is 2. The molecule has 0 unspecified atom stereocenters. The van der Waals surface area contributed by atoms with Gasteiger partial charge in [-0.15, -0.1) is 0 Å². The van der Waals surface area contributed by atoms with Crippen molar-refractivity contribution in [3.63, 3.8) is 0 Å². The number of carbonyl (C=O) groups is 1. The molecule has 8 heteroatoms. The predicted octanol–water partition coefficient (Wildman–Crippen LogP) is 5.76. The molecule has 0 fully saturated rings. The molecule has 0 saturated heterocycles. The fraction of sp³-hybridized carbons (Fsp3) is 0.0357. The molecular formula is C28H22N3NaO4. The van der Waals surface area contributed by atoms with Crippen LogP contribution in [-0.4, -0.2) is 57.7 Å². The van der Waals surface area contributed by atoms with Gasteiger partial charge in [0.15, 0.2) is 0 Å². The van der Waals surface area contributed by atoms with E-state index in [4.69, 9.17) is 14.3 Å². The molecule has 0 radical (unpaired) electrons. The second-order valence-corrected chi connectivity index (χ2v) is 7.73. The van der Waals surface area contributed by atoms with Gasteiger partial charge in [-0.1, -0.05) is 54.6 Å². The topological polar surface area (TPSA) is 97.5 Å². The number of methoxy groups -OCH3 is 1. The van der Waals surface area contributed by atoms with Crippen LogP contribution in [0.5, 0.6) is 5.75 Å². The fourth-order valence-corrected chi connectivity index (χ4v) is 3.88. The molecule has 0 bridgehead atoms. The molecule has 174 valence electrons. The number of fused-ring (bicyclic) bond motifs is 1. The van der Waals surface area contributed by atoms with Gasteiger partial charge in [0.05, 0.1) is 12.5 Å². The van der Waals surface area contributed by atoms with Crippen molar-refractivity contribution in [3.05, 3.63) is 96.8 Å². The summed E-state index contributed by atoms with van der Waals surface area (Å²) in [6.45, 7) is 0. The molecule has 0 aliphatic rings. The SMILES string of the molecule is COc1ccc(-c2c(-c3ccccc3)oc3ncnc(Nc4cccc(C=CC(=O)O)c4)c23)cc1.[NaH]. The van der Waals surface area contributed by atoms with Crippen molar-refractivity contribution in [3.8, 4) is 28.2 Å². The third-order valence-electron chi connectivity index (χ3n) is 5.47. The molecule has 0 saturated carbocycles. The van der Waals surface area contributed by atoms with Crippen LogP contribution in [0, 0.1) is 0 Å². The molecular weight excluding hydrogens is 465 g/mol. The van der Waals surface area contributed by atoms with Crippen LogP contribution in [0.1, 0.15) is 5.56 Å². The zero-order valence-corrected chi connectivity index (χ0v) is 18.8. The number of furan rings is 1. The van der Waals surface area contributed by atoms with E-state index in [1.807, 2.05) is 78.9 Å². The Labute approximate surface area is 229 Å². The average Bonchev–Trinajstić information content (AvgIpc) is 3.29. The molecule has 0 atom stereocenters. The van der Waals surface area contributed by atoms with Crippen molar-refractivity contribution in [2.24, 2.45) is 0 Å². The third-order valence-corrected chi connectivity index (χ3v) is 5.47. The monoisotopic (exact) mass is 487 g/mol. The number of ether oxygens (including phenoxy) is 1. The van der Waals surface area contributed by atoms with Gasteiger partial charge in [0.25, 0.3) is 0 Å². The van der Waals surface area contributed by atoms with Crippen molar-refractivity contribution < 1.29 is 19.1 Å². The number of hydrogen-bond donors (Lipinski definition) is 2. The summed E-state index contributed by atoms with van der Waals surface area (Å²) in [5.41, 5.74) is 4.66. The van der Waals surface area contributed by atoms with Crippen molar-refractivity contribution in [1.29, 1.82) is 0 Å². The zero-order chi connectivity index (χ0) is 24.2. The van der Waals surface area contributed by atoms with Gasteiger partial charge in [-0.05, 0) is 41.5 Å². The number of nitrogens with one attached hydrogen (secondary N) is 1. The fourth-order valence-electron chi connectivity index (χ4n) is 3.88. The van der Waals surface area contributed by atoms with E-state index in [1.54, 1.807) is 7.11 Å². The van der Waals surface area contributed by atoms with E-state index in [2.05, 4.69) is 15.3 Å². The molecule has 0 aliphatic heterocycles. The Hall–Kier alpha value is -3.91. The van der Waals surface area contributed by atoms with Crippen LogP contribution in [-0.2, 0) is 4.79 Å². The zero-order valence-electron chi connectivity index (χ0n) is 18.8. The number of benzene rings is 3. The maximum atomic E-state index is 10.9. The minimum atomic E-state index is -1.00. The maximum absolute atomic E-state index is 10.9. The van der Waals surface area contributed by atoms with Crippen LogP contribution in [0.3, 0.4) is 0 Å². The van der Waals surface area contributed by atoms with Gasteiger partial charge in [0, 0.05) is 22.9 Å². The molecule has 0 amide bonds. The summed E-state index contributed by atoms with van der Waals surface area (Å²) in [5, 5.41) is 13.0. The molecule has 5 rings (SSSR count). The van der Waals surface area contributed by atoms with Crippen molar-refractivity contribution >= 4 is 64.2 Å².